The van der Waals surface area contributed by atoms with Gasteiger partial charge < -0.3 is 4.74 Å². The summed E-state index contributed by atoms with van der Waals surface area (Å²) in [6.45, 7) is 6.07. The van der Waals surface area contributed by atoms with E-state index in [1.165, 1.54) is 4.90 Å². The van der Waals surface area contributed by atoms with Crippen LogP contribution < -0.4 is 0 Å². The standard InChI is InChI=1S/C10H16N2O2S/c1-10(2,3)14-9(13)12-4-5-15-7-8(12)6-11/h8H,4-5,7H2,1-3H3. The van der Waals surface area contributed by atoms with Gasteiger partial charge in [0.05, 0.1) is 6.07 Å². The van der Waals surface area contributed by atoms with Crippen molar-refractivity contribution in [2.75, 3.05) is 18.1 Å². The molecule has 0 saturated carbocycles. The fourth-order valence-electron chi connectivity index (χ4n) is 1.25. The van der Waals surface area contributed by atoms with E-state index in [1.54, 1.807) is 11.8 Å². The fraction of sp³-hybridized carbons (Fsp3) is 0.800. The number of nitrogens with zero attached hydrogens (tertiary/aromatic N) is 2. The third-order valence-corrected chi connectivity index (χ3v) is 2.93. The molecule has 0 aromatic rings. The third-order valence-electron chi connectivity index (χ3n) is 1.91. The zero-order chi connectivity index (χ0) is 11.5. The van der Waals surface area contributed by atoms with Crippen LogP contribution in [0.15, 0.2) is 0 Å². The average molecular weight is 228 g/mol. The summed E-state index contributed by atoms with van der Waals surface area (Å²) < 4.78 is 5.24. The molecule has 0 N–H and O–H groups in total. The van der Waals surface area contributed by atoms with E-state index < -0.39 is 5.60 Å². The largest absolute Gasteiger partial charge is 0.444 e. The van der Waals surface area contributed by atoms with Crippen LogP contribution in [0.2, 0.25) is 0 Å². The Morgan fingerprint density at radius 2 is 2.27 bits per heavy atom. The van der Waals surface area contributed by atoms with Gasteiger partial charge in [-0.3, -0.25) is 4.90 Å². The van der Waals surface area contributed by atoms with Gasteiger partial charge in [0.1, 0.15) is 11.6 Å². The molecule has 4 nitrogen and oxygen atoms in total. The Bertz CT molecular complexity index is 280. The van der Waals surface area contributed by atoms with Gasteiger partial charge in [0.25, 0.3) is 0 Å². The topological polar surface area (TPSA) is 53.3 Å². The third kappa shape index (κ3) is 3.63. The number of nitriles is 1. The second-order valence-electron chi connectivity index (χ2n) is 4.39. The van der Waals surface area contributed by atoms with E-state index in [0.717, 1.165) is 5.75 Å². The predicted molar refractivity (Wildman–Crippen MR) is 59.7 cm³/mol. The van der Waals surface area contributed by atoms with Gasteiger partial charge in [-0.25, -0.2) is 4.79 Å². The summed E-state index contributed by atoms with van der Waals surface area (Å²) in [5.74, 6) is 1.55. The minimum atomic E-state index is -0.498. The van der Waals surface area contributed by atoms with Crippen LogP contribution in [-0.2, 0) is 4.74 Å². The Morgan fingerprint density at radius 3 is 2.80 bits per heavy atom. The highest BCUT2D eigenvalue weighted by molar-refractivity contribution is 7.99. The van der Waals surface area contributed by atoms with Crippen molar-refractivity contribution in [2.45, 2.75) is 32.4 Å². The second kappa shape index (κ2) is 4.75. The fourth-order valence-corrected chi connectivity index (χ4v) is 2.22. The van der Waals surface area contributed by atoms with Gasteiger partial charge in [0.2, 0.25) is 0 Å². The van der Waals surface area contributed by atoms with Crippen LogP contribution in [0.5, 0.6) is 0 Å². The van der Waals surface area contributed by atoms with Gasteiger partial charge in [-0.1, -0.05) is 0 Å². The van der Waals surface area contributed by atoms with E-state index in [4.69, 9.17) is 10.00 Å². The molecule has 84 valence electrons. The number of carbonyl (C=O) groups is 1. The van der Waals surface area contributed by atoms with Crippen molar-refractivity contribution >= 4 is 17.9 Å². The molecule has 0 aromatic carbocycles. The normalized spacial score (nSPS) is 22.0. The summed E-state index contributed by atoms with van der Waals surface area (Å²) in [6, 6.07) is 1.78. The molecule has 1 saturated heterocycles. The molecule has 1 unspecified atom stereocenters. The highest BCUT2D eigenvalue weighted by Crippen LogP contribution is 2.19. The van der Waals surface area contributed by atoms with Crippen molar-refractivity contribution in [1.29, 1.82) is 5.26 Å². The zero-order valence-electron chi connectivity index (χ0n) is 9.32. The van der Waals surface area contributed by atoms with Gasteiger partial charge in [-0.15, -0.1) is 0 Å². The first kappa shape index (κ1) is 12.2. The van der Waals surface area contributed by atoms with E-state index in [2.05, 4.69) is 6.07 Å². The Kier molecular flexibility index (Phi) is 3.86. The summed E-state index contributed by atoms with van der Waals surface area (Å²) in [4.78, 5) is 13.2. The molecule has 1 rings (SSSR count). The summed E-state index contributed by atoms with van der Waals surface area (Å²) in [5.41, 5.74) is -0.498. The SMILES string of the molecule is CC(C)(C)OC(=O)N1CCSCC1C#N. The van der Waals surface area contributed by atoms with Crippen molar-refractivity contribution in [1.82, 2.24) is 4.90 Å². The molecule has 1 amide bonds. The smallest absolute Gasteiger partial charge is 0.411 e. The summed E-state index contributed by atoms with van der Waals surface area (Å²) in [5, 5.41) is 8.90. The molecule has 0 aromatic heterocycles. The lowest BCUT2D eigenvalue weighted by atomic mass is 10.2. The van der Waals surface area contributed by atoms with Crippen LogP contribution in [0.1, 0.15) is 20.8 Å². The quantitative estimate of drug-likeness (QED) is 0.635. The molecule has 0 aliphatic carbocycles. The lowest BCUT2D eigenvalue weighted by Gasteiger charge is -2.32. The van der Waals surface area contributed by atoms with Gasteiger partial charge in [0, 0.05) is 18.1 Å². The van der Waals surface area contributed by atoms with Crippen molar-refractivity contribution in [3.8, 4) is 6.07 Å². The van der Waals surface area contributed by atoms with E-state index in [1.807, 2.05) is 20.8 Å². The molecule has 1 aliphatic rings. The first-order chi connectivity index (χ1) is 6.94. The van der Waals surface area contributed by atoms with Gasteiger partial charge in [-0.05, 0) is 20.8 Å². The Morgan fingerprint density at radius 1 is 1.60 bits per heavy atom. The molecule has 0 bridgehead atoms. The van der Waals surface area contributed by atoms with Crippen molar-refractivity contribution in [2.24, 2.45) is 0 Å². The Hall–Kier alpha value is -0.890. The number of thioether (sulfide) groups is 1. The number of hydrogen-bond donors (Lipinski definition) is 0. The molecule has 0 spiro atoms. The highest BCUT2D eigenvalue weighted by Gasteiger charge is 2.30. The van der Waals surface area contributed by atoms with Crippen LogP contribution in [0.3, 0.4) is 0 Å². The monoisotopic (exact) mass is 228 g/mol. The molecule has 1 aliphatic heterocycles. The lowest BCUT2D eigenvalue weighted by molar-refractivity contribution is 0.0227. The van der Waals surface area contributed by atoms with Crippen molar-refractivity contribution in [3.05, 3.63) is 0 Å². The van der Waals surface area contributed by atoms with Crippen LogP contribution >= 0.6 is 11.8 Å². The molecule has 5 heteroatoms. The number of carbonyl (C=O) groups excluding carboxylic acids is 1. The van der Waals surface area contributed by atoms with Crippen molar-refractivity contribution < 1.29 is 9.53 Å². The maximum Gasteiger partial charge on any atom is 0.411 e. The van der Waals surface area contributed by atoms with Crippen LogP contribution in [0, 0.1) is 11.3 Å². The summed E-state index contributed by atoms with van der Waals surface area (Å²) in [7, 11) is 0. The number of ether oxygens (including phenoxy) is 1. The molecule has 1 fully saturated rings. The zero-order valence-corrected chi connectivity index (χ0v) is 10.1. The maximum absolute atomic E-state index is 11.7. The van der Waals surface area contributed by atoms with Crippen molar-refractivity contribution in [3.63, 3.8) is 0 Å². The molecule has 1 atom stereocenters. The first-order valence-corrected chi connectivity index (χ1v) is 6.06. The number of hydrogen-bond acceptors (Lipinski definition) is 4. The number of rotatable bonds is 0. The number of amides is 1. The van der Waals surface area contributed by atoms with E-state index in [0.29, 0.717) is 12.3 Å². The van der Waals surface area contributed by atoms with Crippen LogP contribution in [0.25, 0.3) is 0 Å². The first-order valence-electron chi connectivity index (χ1n) is 4.91. The Labute approximate surface area is 94.6 Å². The van der Waals surface area contributed by atoms with Crippen LogP contribution in [0.4, 0.5) is 4.79 Å². The molecule has 1 heterocycles. The van der Waals surface area contributed by atoms with Gasteiger partial charge in [-0.2, -0.15) is 17.0 Å². The van der Waals surface area contributed by atoms with Gasteiger partial charge >= 0.3 is 6.09 Å². The van der Waals surface area contributed by atoms with E-state index in [-0.39, 0.29) is 12.1 Å². The van der Waals surface area contributed by atoms with E-state index in [9.17, 15) is 4.79 Å². The second-order valence-corrected chi connectivity index (χ2v) is 5.54. The summed E-state index contributed by atoms with van der Waals surface area (Å²) >= 11 is 1.69. The van der Waals surface area contributed by atoms with E-state index >= 15 is 0 Å². The average Bonchev–Trinajstić information content (AvgIpc) is 2.15. The summed E-state index contributed by atoms with van der Waals surface area (Å²) in [6.07, 6.45) is -0.380. The minimum Gasteiger partial charge on any atom is -0.444 e. The molecular weight excluding hydrogens is 212 g/mol. The molecule has 15 heavy (non-hydrogen) atoms. The minimum absolute atomic E-state index is 0.349. The molecular formula is C10H16N2O2S. The Balaban J connectivity index is 2.61. The maximum atomic E-state index is 11.7. The van der Waals surface area contributed by atoms with Gasteiger partial charge in [0.15, 0.2) is 0 Å². The highest BCUT2D eigenvalue weighted by atomic mass is 32.2. The van der Waals surface area contributed by atoms with Crippen LogP contribution in [-0.4, -0.2) is 40.7 Å². The molecule has 0 radical (unpaired) electrons. The lowest BCUT2D eigenvalue weighted by Crippen LogP contribution is -2.47. The predicted octanol–water partition coefficient (Wildman–Crippen LogP) is 1.86.